The maximum atomic E-state index is 12.2. The van der Waals surface area contributed by atoms with Crippen molar-refractivity contribution in [2.45, 2.75) is 50.7 Å². The third-order valence-electron chi connectivity index (χ3n) is 3.99. The summed E-state index contributed by atoms with van der Waals surface area (Å²) in [7, 11) is 0. The van der Waals surface area contributed by atoms with Crippen LogP contribution in [-0.4, -0.2) is 54.5 Å². The van der Waals surface area contributed by atoms with Crippen molar-refractivity contribution in [3.05, 3.63) is 35.9 Å². The second kappa shape index (κ2) is 6.34. The van der Waals surface area contributed by atoms with E-state index in [0.717, 1.165) is 0 Å². The lowest BCUT2D eigenvalue weighted by molar-refractivity contribution is -0.317. The molecule has 6 nitrogen and oxygen atoms in total. The summed E-state index contributed by atoms with van der Waals surface area (Å²) in [4.78, 5) is 12.2. The molecule has 0 radical (unpaired) electrons. The monoisotopic (exact) mass is 308 g/mol. The number of aliphatic hydroxyl groups excluding tert-OH is 1. The molecule has 2 fully saturated rings. The molecule has 2 heterocycles. The maximum Gasteiger partial charge on any atom is 0.338 e. The van der Waals surface area contributed by atoms with Crippen LogP contribution < -0.4 is 0 Å². The van der Waals surface area contributed by atoms with E-state index in [2.05, 4.69) is 0 Å². The lowest BCUT2D eigenvalue weighted by Gasteiger charge is -2.46. The Hall–Kier alpha value is -1.47. The molecule has 6 atom stereocenters. The Bertz CT molecular complexity index is 519. The van der Waals surface area contributed by atoms with Gasteiger partial charge in [-0.1, -0.05) is 18.2 Å². The fraction of sp³-hybridized carbons (Fsp3) is 0.562. The SMILES string of the molecule is CC1OCC2O[C@@H](C)C(OC(=O)c3ccccc3)[C@@H](O)[C@H]2O1. The van der Waals surface area contributed by atoms with Crippen LogP contribution in [0.25, 0.3) is 0 Å². The smallest absolute Gasteiger partial charge is 0.338 e. The first-order valence-electron chi connectivity index (χ1n) is 7.43. The van der Waals surface area contributed by atoms with E-state index in [1.807, 2.05) is 6.07 Å². The number of esters is 1. The number of hydrogen-bond acceptors (Lipinski definition) is 6. The molecule has 3 unspecified atom stereocenters. The molecule has 1 N–H and O–H groups in total. The molecule has 3 rings (SSSR count). The molecule has 120 valence electrons. The molecule has 2 aliphatic rings. The summed E-state index contributed by atoms with van der Waals surface area (Å²) in [5.41, 5.74) is 0.435. The molecule has 6 heteroatoms. The summed E-state index contributed by atoms with van der Waals surface area (Å²) in [6, 6.07) is 8.66. The third kappa shape index (κ3) is 3.01. The number of carbonyl (C=O) groups excluding carboxylic acids is 1. The van der Waals surface area contributed by atoms with Crippen LogP contribution in [0, 0.1) is 0 Å². The van der Waals surface area contributed by atoms with Crippen LogP contribution in [0.3, 0.4) is 0 Å². The van der Waals surface area contributed by atoms with Gasteiger partial charge in [0.25, 0.3) is 0 Å². The van der Waals surface area contributed by atoms with Gasteiger partial charge in [0, 0.05) is 0 Å². The Morgan fingerprint density at radius 3 is 2.68 bits per heavy atom. The largest absolute Gasteiger partial charge is 0.453 e. The topological polar surface area (TPSA) is 74.2 Å². The van der Waals surface area contributed by atoms with E-state index >= 15 is 0 Å². The van der Waals surface area contributed by atoms with Gasteiger partial charge in [-0.15, -0.1) is 0 Å². The minimum Gasteiger partial charge on any atom is -0.453 e. The Labute approximate surface area is 128 Å². The zero-order valence-corrected chi connectivity index (χ0v) is 12.5. The average molecular weight is 308 g/mol. The Balaban J connectivity index is 1.71. The molecule has 0 aliphatic carbocycles. The highest BCUT2D eigenvalue weighted by Crippen LogP contribution is 2.30. The predicted octanol–water partition coefficient (Wildman–Crippen LogP) is 1.12. The van der Waals surface area contributed by atoms with Crippen LogP contribution in [0.2, 0.25) is 0 Å². The lowest BCUT2D eigenvalue weighted by atomic mass is 9.95. The molecule has 2 aliphatic heterocycles. The van der Waals surface area contributed by atoms with Crippen LogP contribution in [0.1, 0.15) is 24.2 Å². The first-order valence-corrected chi connectivity index (χ1v) is 7.43. The summed E-state index contributed by atoms with van der Waals surface area (Å²) in [5.74, 6) is -0.487. The molecular weight excluding hydrogens is 288 g/mol. The lowest BCUT2D eigenvalue weighted by Crippen LogP contribution is -2.62. The highest BCUT2D eigenvalue weighted by molar-refractivity contribution is 5.89. The van der Waals surface area contributed by atoms with Crippen molar-refractivity contribution in [1.82, 2.24) is 0 Å². The summed E-state index contributed by atoms with van der Waals surface area (Å²) < 4.78 is 22.2. The highest BCUT2D eigenvalue weighted by atomic mass is 16.7. The zero-order chi connectivity index (χ0) is 15.7. The van der Waals surface area contributed by atoms with Gasteiger partial charge >= 0.3 is 5.97 Å². The van der Waals surface area contributed by atoms with Crippen LogP contribution in [0.4, 0.5) is 0 Å². The minimum atomic E-state index is -0.951. The standard InChI is InChI=1S/C16H20O6/c1-9-14(22-16(18)11-6-4-3-5-7-11)13(17)15-12(20-9)8-19-10(2)21-15/h3-7,9-10,12-15,17H,8H2,1-2H3/t9-,10?,12?,13+,14?,15-/m0/s1. The van der Waals surface area contributed by atoms with Crippen LogP contribution in [-0.2, 0) is 18.9 Å². The average Bonchev–Trinajstić information content (AvgIpc) is 2.53. The van der Waals surface area contributed by atoms with Gasteiger partial charge in [-0.05, 0) is 26.0 Å². The van der Waals surface area contributed by atoms with Crippen molar-refractivity contribution < 1.29 is 28.8 Å². The van der Waals surface area contributed by atoms with Crippen molar-refractivity contribution >= 4 is 5.97 Å². The van der Waals surface area contributed by atoms with E-state index in [0.29, 0.717) is 12.2 Å². The van der Waals surface area contributed by atoms with Gasteiger partial charge in [-0.2, -0.15) is 0 Å². The van der Waals surface area contributed by atoms with Crippen molar-refractivity contribution in [1.29, 1.82) is 0 Å². The van der Waals surface area contributed by atoms with Gasteiger partial charge in [0.2, 0.25) is 0 Å². The first kappa shape index (κ1) is 15.4. The maximum absolute atomic E-state index is 12.2. The zero-order valence-electron chi connectivity index (χ0n) is 12.5. The normalized spacial score (nSPS) is 38.1. The molecule has 1 aromatic rings. The summed E-state index contributed by atoms with van der Waals surface area (Å²) in [5, 5.41) is 10.5. The predicted molar refractivity (Wildman–Crippen MR) is 76.3 cm³/mol. The molecule has 1 aromatic carbocycles. The summed E-state index contributed by atoms with van der Waals surface area (Å²) in [6.07, 6.45) is -3.50. The quantitative estimate of drug-likeness (QED) is 0.825. The van der Waals surface area contributed by atoms with Crippen molar-refractivity contribution in [3.8, 4) is 0 Å². The van der Waals surface area contributed by atoms with Gasteiger partial charge < -0.3 is 24.1 Å². The van der Waals surface area contributed by atoms with Crippen LogP contribution >= 0.6 is 0 Å². The molecule has 0 bridgehead atoms. The van der Waals surface area contributed by atoms with E-state index in [9.17, 15) is 9.90 Å². The molecule has 0 spiro atoms. The van der Waals surface area contributed by atoms with Crippen LogP contribution in [0.5, 0.6) is 0 Å². The van der Waals surface area contributed by atoms with E-state index in [1.165, 1.54) is 0 Å². The molecular formula is C16H20O6. The number of carbonyl (C=O) groups is 1. The van der Waals surface area contributed by atoms with Gasteiger partial charge in [-0.25, -0.2) is 4.79 Å². The van der Waals surface area contributed by atoms with Crippen molar-refractivity contribution in [2.75, 3.05) is 6.61 Å². The number of hydrogen-bond donors (Lipinski definition) is 1. The van der Waals surface area contributed by atoms with Crippen LogP contribution in [0.15, 0.2) is 30.3 Å². The molecule has 2 saturated heterocycles. The number of fused-ring (bicyclic) bond motifs is 1. The van der Waals surface area contributed by atoms with E-state index in [1.54, 1.807) is 38.1 Å². The van der Waals surface area contributed by atoms with Crippen molar-refractivity contribution in [3.63, 3.8) is 0 Å². The van der Waals surface area contributed by atoms with Gasteiger partial charge in [0.05, 0.1) is 18.3 Å². The Kier molecular flexibility index (Phi) is 4.44. The third-order valence-corrected chi connectivity index (χ3v) is 3.99. The van der Waals surface area contributed by atoms with Crippen molar-refractivity contribution in [2.24, 2.45) is 0 Å². The number of ether oxygens (including phenoxy) is 4. The number of benzene rings is 1. The minimum absolute atomic E-state index is 0.354. The van der Waals surface area contributed by atoms with Gasteiger partial charge in [-0.3, -0.25) is 0 Å². The van der Waals surface area contributed by atoms with E-state index in [-0.39, 0.29) is 6.10 Å². The van der Waals surface area contributed by atoms with E-state index < -0.39 is 36.7 Å². The molecule has 22 heavy (non-hydrogen) atoms. The Morgan fingerprint density at radius 2 is 1.95 bits per heavy atom. The second-order valence-corrected chi connectivity index (χ2v) is 5.61. The Morgan fingerprint density at radius 1 is 1.23 bits per heavy atom. The fourth-order valence-corrected chi connectivity index (χ4v) is 2.84. The first-order chi connectivity index (χ1) is 10.6. The van der Waals surface area contributed by atoms with E-state index in [4.69, 9.17) is 18.9 Å². The molecule has 0 aromatic heterocycles. The number of rotatable bonds is 2. The number of aliphatic hydroxyl groups is 1. The van der Waals surface area contributed by atoms with Gasteiger partial charge in [0.1, 0.15) is 18.3 Å². The highest BCUT2D eigenvalue weighted by Gasteiger charge is 2.48. The fourth-order valence-electron chi connectivity index (χ4n) is 2.84. The molecule has 0 saturated carbocycles. The second-order valence-electron chi connectivity index (χ2n) is 5.61. The summed E-state index contributed by atoms with van der Waals surface area (Å²) in [6.45, 7) is 3.87. The molecule has 0 amide bonds. The van der Waals surface area contributed by atoms with Gasteiger partial charge in [0.15, 0.2) is 12.4 Å². The summed E-state index contributed by atoms with van der Waals surface area (Å²) >= 11 is 0.